The number of rotatable bonds is 6. The molecule has 0 unspecified atom stereocenters. The van der Waals surface area contributed by atoms with Gasteiger partial charge >= 0.3 is 12.5 Å². The van der Waals surface area contributed by atoms with Gasteiger partial charge in [0.05, 0.1) is 0 Å². The molecule has 2 aromatic carbocycles. The molecule has 0 aliphatic rings. The molecule has 0 saturated carbocycles. The average molecular weight is 368 g/mol. The smallest absolute Gasteiger partial charge is 0.411 e. The van der Waals surface area contributed by atoms with Crippen molar-refractivity contribution in [3.8, 4) is 11.5 Å². The number of hydrogen-bond acceptors (Lipinski definition) is 4. The lowest BCUT2D eigenvalue weighted by Gasteiger charge is -2.09. The molecule has 0 bridgehead atoms. The number of nitrogens with one attached hydrogen (secondary N) is 1. The number of primary amides is 1. The summed E-state index contributed by atoms with van der Waals surface area (Å²) < 4.78 is 44.7. The molecule has 0 aliphatic carbocycles. The van der Waals surface area contributed by atoms with Gasteiger partial charge in [0.15, 0.2) is 0 Å². The van der Waals surface area contributed by atoms with Crippen LogP contribution in [0.2, 0.25) is 0 Å². The number of carbonyl (C=O) groups is 2. The van der Waals surface area contributed by atoms with Crippen LogP contribution >= 0.6 is 0 Å². The lowest BCUT2D eigenvalue weighted by molar-refractivity contribution is -0.274. The predicted octanol–water partition coefficient (Wildman–Crippen LogP) is 3.02. The average Bonchev–Trinajstić information content (AvgIpc) is 2.55. The van der Waals surface area contributed by atoms with Crippen molar-refractivity contribution in [2.24, 2.45) is 5.73 Å². The topological polar surface area (TPSA) is 90.7 Å². The SMILES string of the molecule is NC(=O)Oc1ccc(CCNC(=O)c2ccc(OC(F)(F)F)cc2)cc1. The Morgan fingerprint density at radius 3 is 2.08 bits per heavy atom. The van der Waals surface area contributed by atoms with Crippen molar-refractivity contribution in [1.82, 2.24) is 5.32 Å². The Hall–Kier alpha value is -3.23. The molecule has 0 radical (unpaired) electrons. The molecule has 0 spiro atoms. The van der Waals surface area contributed by atoms with Crippen LogP contribution in [-0.2, 0) is 6.42 Å². The van der Waals surface area contributed by atoms with Crippen molar-refractivity contribution in [2.75, 3.05) is 6.54 Å². The van der Waals surface area contributed by atoms with E-state index in [1.165, 1.54) is 12.1 Å². The van der Waals surface area contributed by atoms with Crippen molar-refractivity contribution < 1.29 is 32.2 Å². The van der Waals surface area contributed by atoms with E-state index in [0.29, 0.717) is 18.7 Å². The Morgan fingerprint density at radius 1 is 0.962 bits per heavy atom. The number of benzene rings is 2. The van der Waals surface area contributed by atoms with Gasteiger partial charge in [-0.3, -0.25) is 4.79 Å². The first kappa shape index (κ1) is 19.1. The Labute approximate surface area is 146 Å². The first-order valence-electron chi connectivity index (χ1n) is 7.43. The Balaban J connectivity index is 1.82. The lowest BCUT2D eigenvalue weighted by Crippen LogP contribution is -2.25. The quantitative estimate of drug-likeness (QED) is 0.820. The highest BCUT2D eigenvalue weighted by molar-refractivity contribution is 5.94. The highest BCUT2D eigenvalue weighted by atomic mass is 19.4. The molecular weight excluding hydrogens is 353 g/mol. The Bertz CT molecular complexity index is 759. The summed E-state index contributed by atoms with van der Waals surface area (Å²) in [5.74, 6) is -0.504. The van der Waals surface area contributed by atoms with Crippen LogP contribution in [0.5, 0.6) is 11.5 Å². The van der Waals surface area contributed by atoms with Gasteiger partial charge < -0.3 is 20.5 Å². The van der Waals surface area contributed by atoms with E-state index >= 15 is 0 Å². The summed E-state index contributed by atoms with van der Waals surface area (Å²) in [4.78, 5) is 22.6. The third kappa shape index (κ3) is 6.34. The maximum absolute atomic E-state index is 12.1. The van der Waals surface area contributed by atoms with Crippen molar-refractivity contribution >= 4 is 12.0 Å². The van der Waals surface area contributed by atoms with Crippen LogP contribution in [-0.4, -0.2) is 24.9 Å². The zero-order valence-corrected chi connectivity index (χ0v) is 13.4. The van der Waals surface area contributed by atoms with Gasteiger partial charge in [-0.15, -0.1) is 13.2 Å². The summed E-state index contributed by atoms with van der Waals surface area (Å²) in [6.45, 7) is 0.315. The van der Waals surface area contributed by atoms with Crippen LogP contribution in [0.3, 0.4) is 0 Å². The van der Waals surface area contributed by atoms with E-state index in [1.54, 1.807) is 24.3 Å². The zero-order chi connectivity index (χ0) is 19.2. The number of carbonyl (C=O) groups excluding carboxylic acids is 2. The van der Waals surface area contributed by atoms with Crippen LogP contribution < -0.4 is 20.5 Å². The Kier molecular flexibility index (Phi) is 6.05. The first-order valence-corrected chi connectivity index (χ1v) is 7.43. The van der Waals surface area contributed by atoms with Gasteiger partial charge in [-0.1, -0.05) is 12.1 Å². The third-order valence-corrected chi connectivity index (χ3v) is 3.19. The predicted molar refractivity (Wildman–Crippen MR) is 85.8 cm³/mol. The Morgan fingerprint density at radius 2 is 1.54 bits per heavy atom. The second-order valence-electron chi connectivity index (χ2n) is 5.14. The minimum absolute atomic E-state index is 0.213. The fourth-order valence-electron chi connectivity index (χ4n) is 2.07. The highest BCUT2D eigenvalue weighted by Crippen LogP contribution is 2.22. The minimum atomic E-state index is -4.78. The minimum Gasteiger partial charge on any atom is -0.411 e. The first-order chi connectivity index (χ1) is 12.2. The van der Waals surface area contributed by atoms with Crippen LogP contribution in [0.1, 0.15) is 15.9 Å². The third-order valence-electron chi connectivity index (χ3n) is 3.19. The maximum atomic E-state index is 12.1. The number of alkyl halides is 3. The standard InChI is InChI=1S/C17H15F3N2O4/c18-17(19,20)26-14-7-3-12(4-8-14)15(23)22-10-9-11-1-5-13(6-2-11)25-16(21)24/h1-8H,9-10H2,(H2,21,24)(H,22,23). The summed E-state index contributed by atoms with van der Waals surface area (Å²) in [6, 6.07) is 11.2. The van der Waals surface area contributed by atoms with Crippen molar-refractivity contribution in [2.45, 2.75) is 12.8 Å². The molecule has 0 aliphatic heterocycles. The van der Waals surface area contributed by atoms with Crippen LogP contribution in [0.4, 0.5) is 18.0 Å². The van der Waals surface area contributed by atoms with E-state index in [4.69, 9.17) is 10.5 Å². The molecule has 0 saturated heterocycles. The van der Waals surface area contributed by atoms with Crippen LogP contribution in [0, 0.1) is 0 Å². The van der Waals surface area contributed by atoms with E-state index in [9.17, 15) is 22.8 Å². The number of halogens is 3. The number of nitrogens with two attached hydrogens (primary N) is 1. The van der Waals surface area contributed by atoms with Crippen LogP contribution in [0.15, 0.2) is 48.5 Å². The van der Waals surface area contributed by atoms with E-state index in [-0.39, 0.29) is 5.56 Å². The van der Waals surface area contributed by atoms with Gasteiger partial charge in [0, 0.05) is 12.1 Å². The molecule has 26 heavy (non-hydrogen) atoms. The van der Waals surface area contributed by atoms with E-state index in [1.807, 2.05) is 0 Å². The molecular formula is C17H15F3N2O4. The molecule has 6 nitrogen and oxygen atoms in total. The molecule has 2 aromatic rings. The van der Waals surface area contributed by atoms with Gasteiger partial charge in [0.25, 0.3) is 5.91 Å². The molecule has 0 heterocycles. The monoisotopic (exact) mass is 368 g/mol. The summed E-state index contributed by atoms with van der Waals surface area (Å²) >= 11 is 0. The molecule has 9 heteroatoms. The number of hydrogen-bond donors (Lipinski definition) is 2. The van der Waals surface area contributed by atoms with Gasteiger partial charge in [-0.05, 0) is 48.4 Å². The summed E-state index contributed by atoms with van der Waals surface area (Å²) in [6.07, 6.45) is -5.17. The molecule has 0 atom stereocenters. The number of amides is 2. The summed E-state index contributed by atoms with van der Waals surface area (Å²) in [5.41, 5.74) is 6.00. The summed E-state index contributed by atoms with van der Waals surface area (Å²) in [5, 5.41) is 2.65. The van der Waals surface area contributed by atoms with Crippen molar-refractivity contribution in [3.05, 3.63) is 59.7 Å². The van der Waals surface area contributed by atoms with Gasteiger partial charge in [-0.25, -0.2) is 4.79 Å². The summed E-state index contributed by atoms with van der Waals surface area (Å²) in [7, 11) is 0. The lowest BCUT2D eigenvalue weighted by atomic mass is 10.1. The highest BCUT2D eigenvalue weighted by Gasteiger charge is 2.31. The molecule has 138 valence electrons. The fourth-order valence-corrected chi connectivity index (χ4v) is 2.07. The molecule has 2 rings (SSSR count). The van der Waals surface area contributed by atoms with Crippen molar-refractivity contribution in [1.29, 1.82) is 0 Å². The normalized spacial score (nSPS) is 10.9. The van der Waals surface area contributed by atoms with Gasteiger partial charge in [0.1, 0.15) is 11.5 Å². The van der Waals surface area contributed by atoms with E-state index in [2.05, 4.69) is 10.1 Å². The number of ether oxygens (including phenoxy) is 2. The van der Waals surface area contributed by atoms with E-state index < -0.39 is 24.1 Å². The largest absolute Gasteiger partial charge is 0.573 e. The molecule has 0 aromatic heterocycles. The molecule has 0 fully saturated rings. The van der Waals surface area contributed by atoms with Crippen LogP contribution in [0.25, 0.3) is 0 Å². The van der Waals surface area contributed by atoms with Gasteiger partial charge in [0.2, 0.25) is 0 Å². The fraction of sp³-hybridized carbons (Fsp3) is 0.176. The maximum Gasteiger partial charge on any atom is 0.573 e. The van der Waals surface area contributed by atoms with Gasteiger partial charge in [-0.2, -0.15) is 0 Å². The second kappa shape index (κ2) is 8.24. The van der Waals surface area contributed by atoms with E-state index in [0.717, 1.165) is 17.7 Å². The molecule has 2 amide bonds. The molecule has 3 N–H and O–H groups in total. The van der Waals surface area contributed by atoms with Crippen molar-refractivity contribution in [3.63, 3.8) is 0 Å². The zero-order valence-electron chi connectivity index (χ0n) is 13.4. The second-order valence-corrected chi connectivity index (χ2v) is 5.14.